The van der Waals surface area contributed by atoms with Gasteiger partial charge in [-0.25, -0.2) is 0 Å². The van der Waals surface area contributed by atoms with Crippen LogP contribution in [0.2, 0.25) is 0 Å². The second kappa shape index (κ2) is 46.9. The number of aliphatic hydroxyl groups is 2. The van der Waals surface area contributed by atoms with Crippen LogP contribution < -0.4 is 5.32 Å². The number of aliphatic hydroxyl groups excluding tert-OH is 2. The molecule has 0 saturated heterocycles. The predicted octanol–water partition coefficient (Wildman–Crippen LogP) is 15.1. The molecule has 6 heteroatoms. The topological polar surface area (TPSA) is 95.9 Å². The molecular weight excluding hydrogens is 731 g/mol. The van der Waals surface area contributed by atoms with Gasteiger partial charge in [0.1, 0.15) is 6.10 Å². The Bertz CT molecular complexity index is 1020. The van der Waals surface area contributed by atoms with Gasteiger partial charge < -0.3 is 20.3 Å². The van der Waals surface area contributed by atoms with Gasteiger partial charge in [-0.05, 0) is 77.0 Å². The molecule has 0 bridgehead atoms. The summed E-state index contributed by atoms with van der Waals surface area (Å²) in [5.74, 6) is -0.515. The lowest BCUT2D eigenvalue weighted by molar-refractivity contribution is -0.151. The lowest BCUT2D eigenvalue weighted by Crippen LogP contribution is -2.46. The predicted molar refractivity (Wildman–Crippen MR) is 255 cm³/mol. The standard InChI is InChI=1S/C53H97NO5/c1-4-7-10-13-16-19-22-24-25-26-28-31-34-37-40-43-46-53(58)59-49(44-41-38-35-32-29-21-18-15-12-9-6-3)47-52(57)54-50(48-55)51(56)45-42-39-36-33-30-27-23-20-17-14-11-8-5-2/h7,10,16,19,24-25,32,35,49-51,55-56H,4-6,8-9,11-15,17-18,20-23,26-31,33-34,36-48H2,1-3H3,(H,54,57)/b10-7+,19-16+,25-24+,35-32-. The highest BCUT2D eigenvalue weighted by atomic mass is 16.5. The molecule has 0 saturated carbocycles. The van der Waals surface area contributed by atoms with Crippen molar-refractivity contribution >= 4 is 11.9 Å². The Morgan fingerprint density at radius 2 is 0.932 bits per heavy atom. The van der Waals surface area contributed by atoms with Crippen molar-refractivity contribution in [3.63, 3.8) is 0 Å². The number of carbonyl (C=O) groups is 2. The molecule has 0 aromatic rings. The van der Waals surface area contributed by atoms with Crippen molar-refractivity contribution < 1.29 is 24.5 Å². The third kappa shape index (κ3) is 42.3. The Labute approximate surface area is 366 Å². The van der Waals surface area contributed by atoms with Crippen LogP contribution in [0.1, 0.15) is 252 Å². The number of allylic oxidation sites excluding steroid dienone is 8. The first-order valence-corrected chi connectivity index (χ1v) is 25.4. The third-order valence-corrected chi connectivity index (χ3v) is 11.4. The molecular formula is C53H97NO5. The number of carbonyl (C=O) groups excluding carboxylic acids is 2. The van der Waals surface area contributed by atoms with Crippen molar-refractivity contribution in [3.05, 3.63) is 48.6 Å². The molecule has 0 heterocycles. The zero-order valence-electron chi connectivity index (χ0n) is 39.1. The van der Waals surface area contributed by atoms with E-state index in [0.29, 0.717) is 19.3 Å². The van der Waals surface area contributed by atoms with E-state index in [-0.39, 0.29) is 24.9 Å². The Morgan fingerprint density at radius 1 is 0.508 bits per heavy atom. The summed E-state index contributed by atoms with van der Waals surface area (Å²) in [5.41, 5.74) is 0. The lowest BCUT2D eigenvalue weighted by Gasteiger charge is -2.24. The van der Waals surface area contributed by atoms with E-state index in [9.17, 15) is 19.8 Å². The molecule has 0 aromatic carbocycles. The summed E-state index contributed by atoms with van der Waals surface area (Å²) in [5, 5.41) is 23.7. The van der Waals surface area contributed by atoms with E-state index in [1.807, 2.05) is 0 Å². The lowest BCUT2D eigenvalue weighted by atomic mass is 10.0. The second-order valence-electron chi connectivity index (χ2n) is 17.2. The Morgan fingerprint density at radius 3 is 1.44 bits per heavy atom. The maximum atomic E-state index is 13.2. The number of esters is 1. The van der Waals surface area contributed by atoms with Crippen LogP contribution in [0, 0.1) is 0 Å². The van der Waals surface area contributed by atoms with E-state index in [4.69, 9.17) is 4.74 Å². The first-order valence-electron chi connectivity index (χ1n) is 25.4. The van der Waals surface area contributed by atoms with Crippen molar-refractivity contribution in [2.45, 2.75) is 270 Å². The smallest absolute Gasteiger partial charge is 0.306 e. The van der Waals surface area contributed by atoms with Gasteiger partial charge in [0, 0.05) is 6.42 Å². The van der Waals surface area contributed by atoms with Crippen LogP contribution in [-0.4, -0.2) is 46.9 Å². The fourth-order valence-corrected chi connectivity index (χ4v) is 7.56. The zero-order valence-corrected chi connectivity index (χ0v) is 39.1. The van der Waals surface area contributed by atoms with Crippen molar-refractivity contribution in [1.82, 2.24) is 5.32 Å². The fraction of sp³-hybridized carbons (Fsp3) is 0.811. The summed E-state index contributed by atoms with van der Waals surface area (Å²) in [6, 6.07) is -0.711. The van der Waals surface area contributed by atoms with E-state index in [2.05, 4.69) is 74.7 Å². The molecule has 0 fully saturated rings. The second-order valence-corrected chi connectivity index (χ2v) is 17.2. The van der Waals surface area contributed by atoms with Gasteiger partial charge in [0.15, 0.2) is 0 Å². The summed E-state index contributed by atoms with van der Waals surface area (Å²) < 4.78 is 5.90. The van der Waals surface area contributed by atoms with Gasteiger partial charge in [-0.2, -0.15) is 0 Å². The SMILES string of the molecule is CC/C=C/C/C=C/C/C=C/CCCCCCCCC(=O)OC(CCC/C=C\CCCCCCCC)CC(=O)NC(CO)C(O)CCCCCCCCCCCCCCC. The summed E-state index contributed by atoms with van der Waals surface area (Å²) in [6.07, 6.45) is 56.0. The van der Waals surface area contributed by atoms with Gasteiger partial charge in [-0.15, -0.1) is 0 Å². The van der Waals surface area contributed by atoms with Crippen LogP contribution in [0.4, 0.5) is 0 Å². The highest BCUT2D eigenvalue weighted by Gasteiger charge is 2.24. The quantitative estimate of drug-likeness (QED) is 0.0323. The van der Waals surface area contributed by atoms with Gasteiger partial charge >= 0.3 is 5.97 Å². The molecule has 3 unspecified atom stereocenters. The summed E-state index contributed by atoms with van der Waals surface area (Å²) >= 11 is 0. The third-order valence-electron chi connectivity index (χ3n) is 11.4. The fourth-order valence-electron chi connectivity index (χ4n) is 7.56. The molecule has 3 N–H and O–H groups in total. The first kappa shape index (κ1) is 56.8. The van der Waals surface area contributed by atoms with Gasteiger partial charge in [0.2, 0.25) is 5.91 Å². The minimum atomic E-state index is -0.795. The van der Waals surface area contributed by atoms with E-state index >= 15 is 0 Å². The molecule has 0 aliphatic carbocycles. The number of amides is 1. The maximum absolute atomic E-state index is 13.2. The van der Waals surface area contributed by atoms with E-state index in [1.165, 1.54) is 122 Å². The van der Waals surface area contributed by atoms with Crippen LogP contribution >= 0.6 is 0 Å². The van der Waals surface area contributed by atoms with E-state index < -0.39 is 18.2 Å². The van der Waals surface area contributed by atoms with Gasteiger partial charge in [-0.1, -0.05) is 211 Å². The van der Waals surface area contributed by atoms with Crippen molar-refractivity contribution in [1.29, 1.82) is 0 Å². The van der Waals surface area contributed by atoms with Gasteiger partial charge in [0.05, 0.1) is 25.2 Å². The Balaban J connectivity index is 4.57. The number of unbranched alkanes of at least 4 members (excludes halogenated alkanes) is 25. The first-order chi connectivity index (χ1) is 29.0. The van der Waals surface area contributed by atoms with E-state index in [0.717, 1.165) is 83.5 Å². The number of hydrogen-bond donors (Lipinski definition) is 3. The normalized spacial score (nSPS) is 13.6. The van der Waals surface area contributed by atoms with Gasteiger partial charge in [0.25, 0.3) is 0 Å². The number of rotatable bonds is 45. The van der Waals surface area contributed by atoms with Crippen molar-refractivity contribution in [3.8, 4) is 0 Å². The van der Waals surface area contributed by atoms with Crippen molar-refractivity contribution in [2.24, 2.45) is 0 Å². The summed E-state index contributed by atoms with van der Waals surface area (Å²) in [6.45, 7) is 6.35. The largest absolute Gasteiger partial charge is 0.462 e. The molecule has 3 atom stereocenters. The molecule has 0 aliphatic rings. The minimum Gasteiger partial charge on any atom is -0.462 e. The molecule has 6 nitrogen and oxygen atoms in total. The summed E-state index contributed by atoms with van der Waals surface area (Å²) in [4.78, 5) is 26.1. The van der Waals surface area contributed by atoms with Crippen LogP contribution in [0.5, 0.6) is 0 Å². The molecule has 59 heavy (non-hydrogen) atoms. The molecule has 0 radical (unpaired) electrons. The highest BCUT2D eigenvalue weighted by Crippen LogP contribution is 2.17. The summed E-state index contributed by atoms with van der Waals surface area (Å²) in [7, 11) is 0. The molecule has 0 aromatic heterocycles. The van der Waals surface area contributed by atoms with Crippen LogP contribution in [0.25, 0.3) is 0 Å². The highest BCUT2D eigenvalue weighted by molar-refractivity contribution is 5.77. The van der Waals surface area contributed by atoms with Crippen LogP contribution in [0.3, 0.4) is 0 Å². The molecule has 344 valence electrons. The molecule has 0 aliphatic heterocycles. The van der Waals surface area contributed by atoms with Crippen LogP contribution in [-0.2, 0) is 14.3 Å². The Hall–Kier alpha value is -2.18. The number of hydrogen-bond acceptors (Lipinski definition) is 5. The van der Waals surface area contributed by atoms with Crippen molar-refractivity contribution in [2.75, 3.05) is 6.61 Å². The number of ether oxygens (including phenoxy) is 1. The average Bonchev–Trinajstić information content (AvgIpc) is 3.23. The Kier molecular flexibility index (Phi) is 45.1. The maximum Gasteiger partial charge on any atom is 0.306 e. The molecule has 1 amide bonds. The zero-order chi connectivity index (χ0) is 43.1. The monoisotopic (exact) mass is 828 g/mol. The molecule has 0 spiro atoms. The average molecular weight is 828 g/mol. The van der Waals surface area contributed by atoms with Crippen LogP contribution in [0.15, 0.2) is 48.6 Å². The molecule has 0 rings (SSSR count). The van der Waals surface area contributed by atoms with E-state index in [1.54, 1.807) is 0 Å². The van der Waals surface area contributed by atoms with Gasteiger partial charge in [-0.3, -0.25) is 9.59 Å². The minimum absolute atomic E-state index is 0.0518. The number of nitrogens with one attached hydrogen (secondary N) is 1.